The van der Waals surface area contributed by atoms with Gasteiger partial charge in [-0.2, -0.15) is 0 Å². The molecule has 2 rings (SSSR count). The number of halogens is 1. The van der Waals surface area contributed by atoms with E-state index in [1.807, 2.05) is 0 Å². The van der Waals surface area contributed by atoms with Crippen molar-refractivity contribution >= 4 is 0 Å². The van der Waals surface area contributed by atoms with Gasteiger partial charge >= 0.3 is 0 Å². The zero-order valence-corrected chi connectivity index (χ0v) is 10.4. The quantitative estimate of drug-likeness (QED) is 0.901. The first-order valence-corrected chi connectivity index (χ1v) is 5.69. The molecule has 3 heteroatoms. The molecular weight excluding hydrogens is 231 g/mol. The normalized spacial score (nSPS) is 12.2. The highest BCUT2D eigenvalue weighted by Gasteiger charge is 2.11. The van der Waals surface area contributed by atoms with Gasteiger partial charge in [0.1, 0.15) is 17.7 Å². The molecule has 0 aliphatic heterocycles. The van der Waals surface area contributed by atoms with Gasteiger partial charge in [0.15, 0.2) is 0 Å². The molecule has 0 fully saturated rings. The molecule has 1 atom stereocenters. The lowest BCUT2D eigenvalue weighted by molar-refractivity contribution is 0.219. The molecule has 94 valence electrons. The van der Waals surface area contributed by atoms with Crippen molar-refractivity contribution in [3.8, 4) is 5.75 Å². The first kappa shape index (κ1) is 12.6. The summed E-state index contributed by atoms with van der Waals surface area (Å²) >= 11 is 0. The van der Waals surface area contributed by atoms with Crippen LogP contribution < -0.4 is 4.74 Å². The minimum atomic E-state index is -0.828. The molecule has 1 unspecified atom stereocenters. The summed E-state index contributed by atoms with van der Waals surface area (Å²) in [5.74, 6) is 0.388. The summed E-state index contributed by atoms with van der Waals surface area (Å²) in [6.07, 6.45) is -0.828. The van der Waals surface area contributed by atoms with Crippen LogP contribution in [0.2, 0.25) is 0 Å². The van der Waals surface area contributed by atoms with Gasteiger partial charge in [-0.1, -0.05) is 18.2 Å². The molecule has 0 saturated heterocycles. The topological polar surface area (TPSA) is 29.5 Å². The lowest BCUT2D eigenvalue weighted by Crippen LogP contribution is -2.00. The SMILES string of the molecule is COc1ccc(C(O)c2cc(C)cc(F)c2)cc1. The maximum atomic E-state index is 13.3. The predicted molar refractivity (Wildman–Crippen MR) is 68.2 cm³/mol. The zero-order valence-electron chi connectivity index (χ0n) is 10.4. The number of aliphatic hydroxyl groups is 1. The van der Waals surface area contributed by atoms with Crippen LogP contribution in [0.3, 0.4) is 0 Å². The Morgan fingerprint density at radius 3 is 2.28 bits per heavy atom. The number of benzene rings is 2. The van der Waals surface area contributed by atoms with Gasteiger partial charge in [0.2, 0.25) is 0 Å². The Hall–Kier alpha value is -1.87. The predicted octanol–water partition coefficient (Wildman–Crippen LogP) is 3.22. The van der Waals surface area contributed by atoms with Crippen LogP contribution in [-0.4, -0.2) is 12.2 Å². The fourth-order valence-corrected chi connectivity index (χ4v) is 1.90. The first-order chi connectivity index (χ1) is 8.60. The Bertz CT molecular complexity index is 514. The van der Waals surface area contributed by atoms with E-state index in [1.54, 1.807) is 44.4 Å². The van der Waals surface area contributed by atoms with Gasteiger partial charge in [0, 0.05) is 0 Å². The highest BCUT2D eigenvalue weighted by molar-refractivity contribution is 5.35. The summed E-state index contributed by atoms with van der Waals surface area (Å²) in [6.45, 7) is 1.80. The number of rotatable bonds is 3. The van der Waals surface area contributed by atoms with Crippen molar-refractivity contribution in [3.63, 3.8) is 0 Å². The van der Waals surface area contributed by atoms with E-state index in [-0.39, 0.29) is 5.82 Å². The smallest absolute Gasteiger partial charge is 0.123 e. The van der Waals surface area contributed by atoms with Gasteiger partial charge in [-0.3, -0.25) is 0 Å². The number of aryl methyl sites for hydroxylation is 1. The lowest BCUT2D eigenvalue weighted by atomic mass is 10.00. The van der Waals surface area contributed by atoms with Crippen LogP contribution in [0.15, 0.2) is 42.5 Å². The van der Waals surface area contributed by atoms with Gasteiger partial charge < -0.3 is 9.84 Å². The Morgan fingerprint density at radius 2 is 1.72 bits per heavy atom. The Morgan fingerprint density at radius 1 is 1.06 bits per heavy atom. The van der Waals surface area contributed by atoms with Gasteiger partial charge in [-0.25, -0.2) is 4.39 Å². The van der Waals surface area contributed by atoms with Crippen LogP contribution in [0.1, 0.15) is 22.8 Å². The molecule has 0 aliphatic rings. The molecule has 0 spiro atoms. The molecule has 0 aromatic heterocycles. The molecule has 2 aromatic rings. The van der Waals surface area contributed by atoms with E-state index in [1.165, 1.54) is 12.1 Å². The second kappa shape index (κ2) is 5.19. The molecule has 2 aromatic carbocycles. The zero-order chi connectivity index (χ0) is 13.1. The van der Waals surface area contributed by atoms with E-state index in [4.69, 9.17) is 4.74 Å². The van der Waals surface area contributed by atoms with Crippen molar-refractivity contribution in [2.24, 2.45) is 0 Å². The summed E-state index contributed by atoms with van der Waals surface area (Å²) < 4.78 is 18.3. The number of aliphatic hydroxyl groups excluding tert-OH is 1. The van der Waals surface area contributed by atoms with Crippen molar-refractivity contribution in [3.05, 3.63) is 65.0 Å². The Labute approximate surface area is 106 Å². The van der Waals surface area contributed by atoms with E-state index in [0.29, 0.717) is 11.1 Å². The fourth-order valence-electron chi connectivity index (χ4n) is 1.90. The third-order valence-corrected chi connectivity index (χ3v) is 2.81. The van der Waals surface area contributed by atoms with Crippen molar-refractivity contribution in [2.45, 2.75) is 13.0 Å². The lowest BCUT2D eigenvalue weighted by Gasteiger charge is -2.13. The van der Waals surface area contributed by atoms with Crippen LogP contribution in [0.25, 0.3) is 0 Å². The summed E-state index contributed by atoms with van der Waals surface area (Å²) in [5.41, 5.74) is 2.05. The summed E-state index contributed by atoms with van der Waals surface area (Å²) in [5, 5.41) is 10.2. The van der Waals surface area contributed by atoms with Gasteiger partial charge in [-0.05, 0) is 47.9 Å². The maximum Gasteiger partial charge on any atom is 0.123 e. The molecular formula is C15H15FO2. The number of hydrogen-bond acceptors (Lipinski definition) is 2. The molecule has 0 heterocycles. The summed E-state index contributed by atoms with van der Waals surface area (Å²) in [7, 11) is 1.58. The van der Waals surface area contributed by atoms with Crippen molar-refractivity contribution < 1.29 is 14.2 Å². The molecule has 0 saturated carbocycles. The average Bonchev–Trinajstić information content (AvgIpc) is 2.37. The van der Waals surface area contributed by atoms with Crippen molar-refractivity contribution in [1.82, 2.24) is 0 Å². The van der Waals surface area contributed by atoms with E-state index >= 15 is 0 Å². The third kappa shape index (κ3) is 2.68. The standard InChI is InChI=1S/C15H15FO2/c1-10-7-12(9-13(16)8-10)15(17)11-3-5-14(18-2)6-4-11/h3-9,15,17H,1-2H3. The van der Waals surface area contributed by atoms with E-state index < -0.39 is 6.10 Å². The second-order valence-electron chi connectivity index (χ2n) is 4.24. The molecule has 2 nitrogen and oxygen atoms in total. The molecule has 1 N–H and O–H groups in total. The van der Waals surface area contributed by atoms with Gasteiger partial charge in [-0.15, -0.1) is 0 Å². The highest BCUT2D eigenvalue weighted by Crippen LogP contribution is 2.25. The van der Waals surface area contributed by atoms with Crippen LogP contribution in [0, 0.1) is 12.7 Å². The number of hydrogen-bond donors (Lipinski definition) is 1. The molecule has 18 heavy (non-hydrogen) atoms. The van der Waals surface area contributed by atoms with Crippen LogP contribution in [0.4, 0.5) is 4.39 Å². The molecule has 0 bridgehead atoms. The van der Waals surface area contributed by atoms with E-state index in [0.717, 1.165) is 11.3 Å². The van der Waals surface area contributed by atoms with Gasteiger partial charge in [0.05, 0.1) is 7.11 Å². The second-order valence-corrected chi connectivity index (χ2v) is 4.24. The van der Waals surface area contributed by atoms with Crippen molar-refractivity contribution in [1.29, 1.82) is 0 Å². The van der Waals surface area contributed by atoms with E-state index in [9.17, 15) is 9.50 Å². The monoisotopic (exact) mass is 246 g/mol. The summed E-state index contributed by atoms with van der Waals surface area (Å²) in [4.78, 5) is 0. The minimum absolute atomic E-state index is 0.336. The largest absolute Gasteiger partial charge is 0.497 e. The van der Waals surface area contributed by atoms with E-state index in [2.05, 4.69) is 0 Å². The van der Waals surface area contributed by atoms with Crippen LogP contribution in [-0.2, 0) is 0 Å². The first-order valence-electron chi connectivity index (χ1n) is 5.69. The Balaban J connectivity index is 2.31. The molecule has 0 radical (unpaired) electrons. The van der Waals surface area contributed by atoms with Crippen molar-refractivity contribution in [2.75, 3.05) is 7.11 Å². The molecule has 0 aliphatic carbocycles. The molecule has 0 amide bonds. The summed E-state index contributed by atoms with van der Waals surface area (Å²) in [6, 6.07) is 11.6. The average molecular weight is 246 g/mol. The van der Waals surface area contributed by atoms with Crippen LogP contribution in [0.5, 0.6) is 5.75 Å². The van der Waals surface area contributed by atoms with Crippen LogP contribution >= 0.6 is 0 Å². The number of methoxy groups -OCH3 is 1. The number of ether oxygens (including phenoxy) is 1. The van der Waals surface area contributed by atoms with Gasteiger partial charge in [0.25, 0.3) is 0 Å². The highest BCUT2D eigenvalue weighted by atomic mass is 19.1. The maximum absolute atomic E-state index is 13.3. The fraction of sp³-hybridized carbons (Fsp3) is 0.200. The third-order valence-electron chi connectivity index (χ3n) is 2.81. The minimum Gasteiger partial charge on any atom is -0.497 e. The Kier molecular flexibility index (Phi) is 3.63.